The van der Waals surface area contributed by atoms with E-state index in [0.717, 1.165) is 13.0 Å². The first-order valence-corrected chi connectivity index (χ1v) is 7.32. The van der Waals surface area contributed by atoms with Crippen molar-refractivity contribution in [3.63, 3.8) is 0 Å². The molecule has 0 spiro atoms. The van der Waals surface area contributed by atoms with Gasteiger partial charge in [0.05, 0.1) is 33.2 Å². The van der Waals surface area contributed by atoms with Crippen molar-refractivity contribution in [3.05, 3.63) is 52.3 Å². The van der Waals surface area contributed by atoms with Crippen molar-refractivity contribution >= 4 is 40.5 Å². The monoisotopic (exact) mass is 323 g/mol. The number of rotatable bonds is 5. The molecular formula is C15H15Cl2N3O. The summed E-state index contributed by atoms with van der Waals surface area (Å²) in [5.41, 5.74) is 1.58. The topological polar surface area (TPSA) is 54.0 Å². The highest BCUT2D eigenvalue weighted by Gasteiger charge is 2.14. The van der Waals surface area contributed by atoms with Gasteiger partial charge in [-0.05, 0) is 24.6 Å². The van der Waals surface area contributed by atoms with Gasteiger partial charge in [0, 0.05) is 12.7 Å². The van der Waals surface area contributed by atoms with E-state index in [1.54, 1.807) is 36.7 Å². The van der Waals surface area contributed by atoms with Gasteiger partial charge in [-0.15, -0.1) is 0 Å². The second kappa shape index (κ2) is 7.29. The van der Waals surface area contributed by atoms with Crippen LogP contribution in [0.25, 0.3) is 0 Å². The first kappa shape index (κ1) is 15.6. The second-order valence-electron chi connectivity index (χ2n) is 4.40. The summed E-state index contributed by atoms with van der Waals surface area (Å²) in [4.78, 5) is 16.4. The number of halogens is 2. The molecule has 0 saturated carbocycles. The van der Waals surface area contributed by atoms with Gasteiger partial charge in [0.25, 0.3) is 5.91 Å². The maximum absolute atomic E-state index is 12.4. The van der Waals surface area contributed by atoms with Crippen molar-refractivity contribution in [1.82, 2.24) is 4.98 Å². The maximum Gasteiger partial charge on any atom is 0.257 e. The van der Waals surface area contributed by atoms with E-state index in [1.165, 1.54) is 0 Å². The first-order valence-electron chi connectivity index (χ1n) is 6.56. The molecule has 1 amide bonds. The number of hydrogen-bond acceptors (Lipinski definition) is 3. The van der Waals surface area contributed by atoms with E-state index in [0.29, 0.717) is 27.0 Å². The minimum Gasteiger partial charge on any atom is -0.383 e. The van der Waals surface area contributed by atoms with Crippen LogP contribution < -0.4 is 10.6 Å². The molecule has 0 atom stereocenters. The van der Waals surface area contributed by atoms with Crippen molar-refractivity contribution in [2.24, 2.45) is 0 Å². The van der Waals surface area contributed by atoms with Gasteiger partial charge in [-0.2, -0.15) is 0 Å². The molecule has 0 bridgehead atoms. The zero-order valence-corrected chi connectivity index (χ0v) is 13.0. The van der Waals surface area contributed by atoms with Gasteiger partial charge in [0.2, 0.25) is 0 Å². The SMILES string of the molecule is CCCNc1cnccc1C(=O)Nc1c(Cl)cccc1Cl. The van der Waals surface area contributed by atoms with Crippen LogP contribution in [0.2, 0.25) is 10.0 Å². The Balaban J connectivity index is 2.25. The van der Waals surface area contributed by atoms with E-state index in [2.05, 4.69) is 15.6 Å². The summed E-state index contributed by atoms with van der Waals surface area (Å²) in [6, 6.07) is 6.72. The van der Waals surface area contributed by atoms with Gasteiger partial charge in [0.15, 0.2) is 0 Å². The first-order chi connectivity index (χ1) is 10.1. The van der Waals surface area contributed by atoms with Gasteiger partial charge in [0.1, 0.15) is 0 Å². The van der Waals surface area contributed by atoms with E-state index in [1.807, 2.05) is 6.92 Å². The summed E-state index contributed by atoms with van der Waals surface area (Å²) in [7, 11) is 0. The Kier molecular flexibility index (Phi) is 5.42. The van der Waals surface area contributed by atoms with Gasteiger partial charge in [-0.3, -0.25) is 9.78 Å². The molecule has 0 aliphatic carbocycles. The van der Waals surface area contributed by atoms with Crippen LogP contribution in [0.3, 0.4) is 0 Å². The average Bonchev–Trinajstić information content (AvgIpc) is 2.49. The number of carbonyl (C=O) groups excluding carboxylic acids is 1. The van der Waals surface area contributed by atoms with Crippen molar-refractivity contribution in [2.75, 3.05) is 17.2 Å². The molecular weight excluding hydrogens is 309 g/mol. The Morgan fingerprint density at radius 1 is 1.24 bits per heavy atom. The average molecular weight is 324 g/mol. The molecule has 0 aliphatic rings. The predicted octanol–water partition coefficient (Wildman–Crippen LogP) is 4.46. The molecule has 0 saturated heterocycles. The van der Waals surface area contributed by atoms with Crippen molar-refractivity contribution in [2.45, 2.75) is 13.3 Å². The molecule has 0 aliphatic heterocycles. The quantitative estimate of drug-likeness (QED) is 0.853. The molecule has 2 N–H and O–H groups in total. The molecule has 1 aromatic carbocycles. The van der Waals surface area contributed by atoms with Crippen LogP contribution in [0.1, 0.15) is 23.7 Å². The van der Waals surface area contributed by atoms with Crippen LogP contribution in [0.15, 0.2) is 36.7 Å². The summed E-state index contributed by atoms with van der Waals surface area (Å²) >= 11 is 12.1. The maximum atomic E-state index is 12.4. The fourth-order valence-corrected chi connectivity index (χ4v) is 2.28. The lowest BCUT2D eigenvalue weighted by Crippen LogP contribution is -2.16. The number of nitrogens with zero attached hydrogens (tertiary/aromatic N) is 1. The van der Waals surface area contributed by atoms with Crippen molar-refractivity contribution in [3.8, 4) is 0 Å². The number of aromatic nitrogens is 1. The van der Waals surface area contributed by atoms with Crippen LogP contribution in [-0.2, 0) is 0 Å². The van der Waals surface area contributed by atoms with Gasteiger partial charge < -0.3 is 10.6 Å². The molecule has 0 fully saturated rings. The van der Waals surface area contributed by atoms with Gasteiger partial charge >= 0.3 is 0 Å². The molecule has 6 heteroatoms. The zero-order chi connectivity index (χ0) is 15.2. The predicted molar refractivity (Wildman–Crippen MR) is 87.4 cm³/mol. The summed E-state index contributed by atoms with van der Waals surface area (Å²) in [6.07, 6.45) is 4.14. The smallest absolute Gasteiger partial charge is 0.257 e. The van der Waals surface area contributed by atoms with Crippen LogP contribution >= 0.6 is 23.2 Å². The highest BCUT2D eigenvalue weighted by atomic mass is 35.5. The molecule has 2 rings (SSSR count). The molecule has 0 unspecified atom stereocenters. The van der Waals surface area contributed by atoms with Crippen LogP contribution in [0.5, 0.6) is 0 Å². The van der Waals surface area contributed by atoms with E-state index < -0.39 is 0 Å². The number of nitrogens with one attached hydrogen (secondary N) is 2. The number of carbonyl (C=O) groups is 1. The number of pyridine rings is 1. The Bertz CT molecular complexity index is 626. The zero-order valence-electron chi connectivity index (χ0n) is 11.5. The van der Waals surface area contributed by atoms with Crippen LogP contribution in [0.4, 0.5) is 11.4 Å². The van der Waals surface area contributed by atoms with Crippen molar-refractivity contribution < 1.29 is 4.79 Å². The second-order valence-corrected chi connectivity index (χ2v) is 5.21. The van der Waals surface area contributed by atoms with Crippen LogP contribution in [0, 0.1) is 0 Å². The summed E-state index contributed by atoms with van der Waals surface area (Å²) in [5, 5.41) is 6.70. The standard InChI is InChI=1S/C15H15Cl2N3O/c1-2-7-19-13-9-18-8-6-10(13)15(21)20-14-11(16)4-3-5-12(14)17/h3-6,8-9,19H,2,7H2,1H3,(H,20,21). The lowest BCUT2D eigenvalue weighted by molar-refractivity contribution is 0.102. The van der Waals surface area contributed by atoms with E-state index >= 15 is 0 Å². The largest absolute Gasteiger partial charge is 0.383 e. The minimum atomic E-state index is -0.286. The highest BCUT2D eigenvalue weighted by molar-refractivity contribution is 6.40. The fraction of sp³-hybridized carbons (Fsp3) is 0.200. The number of amides is 1. The molecule has 21 heavy (non-hydrogen) atoms. The molecule has 1 heterocycles. The third kappa shape index (κ3) is 3.86. The lowest BCUT2D eigenvalue weighted by Gasteiger charge is -2.12. The van der Waals surface area contributed by atoms with Gasteiger partial charge in [-0.25, -0.2) is 0 Å². The molecule has 4 nitrogen and oxygen atoms in total. The normalized spacial score (nSPS) is 10.2. The third-order valence-corrected chi connectivity index (χ3v) is 3.46. The number of anilines is 2. The summed E-state index contributed by atoms with van der Waals surface area (Å²) < 4.78 is 0. The number of para-hydroxylation sites is 1. The molecule has 1 aromatic heterocycles. The summed E-state index contributed by atoms with van der Waals surface area (Å²) in [5.74, 6) is -0.286. The minimum absolute atomic E-state index is 0.286. The van der Waals surface area contributed by atoms with E-state index in [-0.39, 0.29) is 5.91 Å². The van der Waals surface area contributed by atoms with Crippen molar-refractivity contribution in [1.29, 1.82) is 0 Å². The summed E-state index contributed by atoms with van der Waals surface area (Å²) in [6.45, 7) is 2.81. The molecule has 2 aromatic rings. The Hall–Kier alpha value is -1.78. The Morgan fingerprint density at radius 2 is 1.95 bits per heavy atom. The molecule has 110 valence electrons. The number of hydrogen-bond donors (Lipinski definition) is 2. The van der Waals surface area contributed by atoms with Crippen LogP contribution in [-0.4, -0.2) is 17.4 Å². The highest BCUT2D eigenvalue weighted by Crippen LogP contribution is 2.30. The van der Waals surface area contributed by atoms with E-state index in [9.17, 15) is 4.79 Å². The molecule has 0 radical (unpaired) electrons. The van der Waals surface area contributed by atoms with Gasteiger partial charge in [-0.1, -0.05) is 36.2 Å². The number of benzene rings is 1. The Labute approximate surface area is 133 Å². The third-order valence-electron chi connectivity index (χ3n) is 2.83. The lowest BCUT2D eigenvalue weighted by atomic mass is 10.2. The van der Waals surface area contributed by atoms with E-state index in [4.69, 9.17) is 23.2 Å². The Morgan fingerprint density at radius 3 is 2.62 bits per heavy atom. The fourth-order valence-electron chi connectivity index (χ4n) is 1.79.